The van der Waals surface area contributed by atoms with Gasteiger partial charge >= 0.3 is 0 Å². The first-order chi connectivity index (χ1) is 16.4. The lowest BCUT2D eigenvalue weighted by atomic mass is 10.1. The quantitative estimate of drug-likeness (QED) is 0.310. The van der Waals surface area contributed by atoms with Crippen LogP contribution in [0.1, 0.15) is 23.6 Å². The number of nitrogens with one attached hydrogen (secondary N) is 1. The Morgan fingerprint density at radius 3 is 2.53 bits per heavy atom. The number of benzene rings is 3. The molecule has 174 valence electrons. The van der Waals surface area contributed by atoms with Crippen molar-refractivity contribution < 1.29 is 14.3 Å². The third kappa shape index (κ3) is 6.23. The average molecular weight is 558 g/mol. The van der Waals surface area contributed by atoms with Crippen LogP contribution in [0.4, 0.5) is 5.69 Å². The van der Waals surface area contributed by atoms with Crippen LogP contribution in [0.3, 0.4) is 0 Å². The monoisotopic (exact) mass is 556 g/mol. The molecule has 1 heterocycles. The maximum atomic E-state index is 12.5. The van der Waals surface area contributed by atoms with Crippen LogP contribution in [0, 0.1) is 6.92 Å². The summed E-state index contributed by atoms with van der Waals surface area (Å²) in [5.41, 5.74) is 3.67. The van der Waals surface area contributed by atoms with Gasteiger partial charge in [0, 0.05) is 4.47 Å². The zero-order valence-electron chi connectivity index (χ0n) is 18.6. The third-order valence-electron chi connectivity index (χ3n) is 4.84. The predicted molar refractivity (Wildman–Crippen MR) is 143 cm³/mol. The first-order valence-corrected chi connectivity index (χ1v) is 12.6. The zero-order valence-corrected chi connectivity index (χ0v) is 21.8. The highest BCUT2D eigenvalue weighted by Gasteiger charge is 2.24. The van der Waals surface area contributed by atoms with Gasteiger partial charge in [-0.15, -0.1) is 0 Å². The van der Waals surface area contributed by atoms with E-state index in [1.807, 2.05) is 68.4 Å². The van der Waals surface area contributed by atoms with E-state index in [-0.39, 0.29) is 5.91 Å². The van der Waals surface area contributed by atoms with Crippen LogP contribution in [0.5, 0.6) is 11.5 Å². The summed E-state index contributed by atoms with van der Waals surface area (Å²) in [6.45, 7) is 4.71. The molecule has 0 saturated carbocycles. The molecule has 0 aliphatic carbocycles. The molecule has 34 heavy (non-hydrogen) atoms. The van der Waals surface area contributed by atoms with Gasteiger partial charge in [-0.2, -0.15) is 0 Å². The summed E-state index contributed by atoms with van der Waals surface area (Å²) in [4.78, 5) is 17.5. The van der Waals surface area contributed by atoms with Crippen molar-refractivity contribution in [3.63, 3.8) is 0 Å². The molecule has 1 saturated heterocycles. The maximum absolute atomic E-state index is 12.5. The zero-order chi connectivity index (χ0) is 24.1. The molecule has 0 aromatic heterocycles. The van der Waals surface area contributed by atoms with E-state index < -0.39 is 0 Å². The van der Waals surface area contributed by atoms with Gasteiger partial charge in [0.25, 0.3) is 5.91 Å². The van der Waals surface area contributed by atoms with E-state index in [2.05, 4.69) is 26.2 Å². The lowest BCUT2D eigenvalue weighted by molar-refractivity contribution is -0.115. The number of amidine groups is 1. The number of thioether (sulfide) groups is 1. The van der Waals surface area contributed by atoms with Crippen LogP contribution in [-0.2, 0) is 11.4 Å². The normalized spacial score (nSPS) is 15.6. The van der Waals surface area contributed by atoms with Crippen molar-refractivity contribution in [2.24, 2.45) is 4.99 Å². The first-order valence-electron chi connectivity index (χ1n) is 10.6. The van der Waals surface area contributed by atoms with Crippen molar-refractivity contribution >= 4 is 62.1 Å². The van der Waals surface area contributed by atoms with Crippen LogP contribution < -0.4 is 14.8 Å². The first kappa shape index (κ1) is 24.4. The van der Waals surface area contributed by atoms with Gasteiger partial charge in [0.1, 0.15) is 6.61 Å². The van der Waals surface area contributed by atoms with Crippen molar-refractivity contribution in [3.05, 3.63) is 91.8 Å². The van der Waals surface area contributed by atoms with E-state index in [1.165, 1.54) is 11.8 Å². The second-order valence-corrected chi connectivity index (χ2v) is 9.85. The molecule has 1 aliphatic heterocycles. The van der Waals surface area contributed by atoms with Crippen LogP contribution in [0.25, 0.3) is 6.08 Å². The fourth-order valence-electron chi connectivity index (χ4n) is 3.18. The fraction of sp³-hybridized carbons (Fsp3) is 0.154. The summed E-state index contributed by atoms with van der Waals surface area (Å²) in [7, 11) is 0. The molecule has 1 fully saturated rings. The van der Waals surface area contributed by atoms with Crippen LogP contribution in [0.15, 0.2) is 75.0 Å². The highest BCUT2D eigenvalue weighted by molar-refractivity contribution is 9.10. The third-order valence-corrected chi connectivity index (χ3v) is 6.56. The standard InChI is InChI=1S/C26H22BrClN2O3S/c1-3-32-22-13-18(12-21(28)24(22)33-15-17-6-8-19(27)9-7-17)14-23-25(31)30-26(34-23)29-20-10-4-16(2)5-11-20/h4-14H,3,15H2,1-2H3,(H,29,30,31)/b23-14+. The Labute approximate surface area is 216 Å². The van der Waals surface area contributed by atoms with Crippen LogP contribution in [0.2, 0.25) is 5.02 Å². The molecule has 0 radical (unpaired) electrons. The summed E-state index contributed by atoms with van der Waals surface area (Å²) in [6.07, 6.45) is 1.77. The van der Waals surface area contributed by atoms with Crippen molar-refractivity contribution in [2.45, 2.75) is 20.5 Å². The number of rotatable bonds is 7. The van der Waals surface area contributed by atoms with Crippen molar-refractivity contribution in [3.8, 4) is 11.5 Å². The van der Waals surface area contributed by atoms with Gasteiger partial charge in [-0.3, -0.25) is 4.79 Å². The summed E-state index contributed by atoms with van der Waals surface area (Å²) < 4.78 is 12.8. The number of amides is 1. The van der Waals surface area contributed by atoms with Gasteiger partial charge in [0.2, 0.25) is 0 Å². The number of aliphatic imine (C=N–C) groups is 1. The lowest BCUT2D eigenvalue weighted by Crippen LogP contribution is -2.19. The Bertz CT molecular complexity index is 1260. The Kier molecular flexibility index (Phi) is 7.98. The highest BCUT2D eigenvalue weighted by atomic mass is 79.9. The average Bonchev–Trinajstić information content (AvgIpc) is 3.14. The van der Waals surface area contributed by atoms with Crippen LogP contribution >= 0.6 is 39.3 Å². The van der Waals surface area contributed by atoms with Gasteiger partial charge in [0.15, 0.2) is 16.7 Å². The van der Waals surface area contributed by atoms with Gasteiger partial charge in [-0.1, -0.05) is 57.4 Å². The summed E-state index contributed by atoms with van der Waals surface area (Å²) in [5, 5.41) is 3.75. The minimum absolute atomic E-state index is 0.208. The molecule has 0 unspecified atom stereocenters. The van der Waals surface area contributed by atoms with Crippen molar-refractivity contribution in [1.82, 2.24) is 5.32 Å². The molecule has 0 bridgehead atoms. The molecule has 3 aromatic rings. The molecule has 3 aromatic carbocycles. The van der Waals surface area contributed by atoms with Gasteiger partial charge < -0.3 is 14.8 Å². The molecule has 4 rings (SSSR count). The minimum atomic E-state index is -0.208. The second-order valence-electron chi connectivity index (χ2n) is 7.50. The Hall–Kier alpha value is -2.74. The van der Waals surface area contributed by atoms with Gasteiger partial charge in [-0.05, 0) is 79.2 Å². The number of nitrogens with zero attached hydrogens (tertiary/aromatic N) is 1. The van der Waals surface area contributed by atoms with E-state index in [9.17, 15) is 4.79 Å². The molecular formula is C26H22BrClN2O3S. The smallest absolute Gasteiger partial charge is 0.264 e. The topological polar surface area (TPSA) is 59.9 Å². The number of ether oxygens (including phenoxy) is 2. The van der Waals surface area contributed by atoms with Gasteiger partial charge in [-0.25, -0.2) is 4.99 Å². The van der Waals surface area contributed by atoms with E-state index in [1.54, 1.807) is 12.1 Å². The van der Waals surface area contributed by atoms with Crippen molar-refractivity contribution in [2.75, 3.05) is 6.61 Å². The minimum Gasteiger partial charge on any atom is -0.490 e. The summed E-state index contributed by atoms with van der Waals surface area (Å²) >= 11 is 11.3. The summed E-state index contributed by atoms with van der Waals surface area (Å²) in [6, 6.07) is 19.2. The second kappa shape index (κ2) is 11.1. The maximum Gasteiger partial charge on any atom is 0.264 e. The largest absolute Gasteiger partial charge is 0.490 e. The lowest BCUT2D eigenvalue weighted by Gasteiger charge is -2.15. The van der Waals surface area contributed by atoms with Gasteiger partial charge in [0.05, 0.1) is 22.2 Å². The Morgan fingerprint density at radius 1 is 1.09 bits per heavy atom. The number of hydrogen-bond donors (Lipinski definition) is 1. The van der Waals surface area contributed by atoms with E-state index in [0.29, 0.717) is 39.8 Å². The molecule has 1 amide bonds. The Morgan fingerprint density at radius 2 is 1.82 bits per heavy atom. The summed E-state index contributed by atoms with van der Waals surface area (Å²) in [5.74, 6) is 0.787. The van der Waals surface area contributed by atoms with Crippen molar-refractivity contribution in [1.29, 1.82) is 0 Å². The molecule has 0 spiro atoms. The molecular weight excluding hydrogens is 536 g/mol. The molecule has 8 heteroatoms. The van der Waals surface area contributed by atoms with E-state index in [0.717, 1.165) is 26.9 Å². The number of carbonyl (C=O) groups is 1. The predicted octanol–water partition coefficient (Wildman–Crippen LogP) is 7.28. The molecule has 0 atom stereocenters. The van der Waals surface area contributed by atoms with E-state index in [4.69, 9.17) is 21.1 Å². The number of carbonyl (C=O) groups excluding carboxylic acids is 1. The highest BCUT2D eigenvalue weighted by Crippen LogP contribution is 2.39. The SMILES string of the molecule is CCOc1cc(/C=C2/SC(=Nc3ccc(C)cc3)NC2=O)cc(Cl)c1OCc1ccc(Br)cc1. The van der Waals surface area contributed by atoms with E-state index >= 15 is 0 Å². The van der Waals surface area contributed by atoms with Crippen LogP contribution in [-0.4, -0.2) is 17.7 Å². The molecule has 1 N–H and O–H groups in total. The Balaban J connectivity index is 1.54. The molecule has 5 nitrogen and oxygen atoms in total. The molecule has 1 aliphatic rings. The fourth-order valence-corrected chi connectivity index (χ4v) is 4.56. The number of halogens is 2. The number of hydrogen-bond acceptors (Lipinski definition) is 5. The number of aryl methyl sites for hydroxylation is 1.